The number of nitrogens with two attached hydrogens (primary N) is 2. The lowest BCUT2D eigenvalue weighted by atomic mass is 10.1. The number of furan rings is 1. The largest absolute Gasteiger partial charge is 0.449 e. The molecular weight excluding hydrogens is 140 g/mol. The summed E-state index contributed by atoms with van der Waals surface area (Å²) in [6.45, 7) is 0. The Labute approximate surface area is 65.4 Å². The van der Waals surface area contributed by atoms with Crippen molar-refractivity contribution in [1.82, 2.24) is 0 Å². The van der Waals surface area contributed by atoms with E-state index in [1.165, 1.54) is 12.8 Å². The molecule has 0 spiro atoms. The molecule has 0 unspecified atom stereocenters. The summed E-state index contributed by atoms with van der Waals surface area (Å²) in [4.78, 5) is 0. The fourth-order valence-corrected chi connectivity index (χ4v) is 1.32. The maximum atomic E-state index is 5.91. The molecule has 0 amide bonds. The Bertz CT molecular complexity index is 252. The number of hydrogen-bond acceptors (Lipinski definition) is 3. The van der Waals surface area contributed by atoms with Crippen molar-refractivity contribution in [2.75, 3.05) is 5.73 Å². The van der Waals surface area contributed by atoms with Crippen LogP contribution >= 0.6 is 0 Å². The second-order valence-electron chi connectivity index (χ2n) is 3.10. The van der Waals surface area contributed by atoms with Crippen LogP contribution in [0.1, 0.15) is 24.4 Å². The molecule has 1 heterocycles. The number of anilines is 1. The highest BCUT2D eigenvalue weighted by atomic mass is 16.3. The summed E-state index contributed by atoms with van der Waals surface area (Å²) < 4.78 is 4.96. The van der Waals surface area contributed by atoms with Gasteiger partial charge in [-0.15, -0.1) is 0 Å². The highest BCUT2D eigenvalue weighted by molar-refractivity contribution is 5.38. The van der Waals surface area contributed by atoms with E-state index in [2.05, 4.69) is 0 Å². The van der Waals surface area contributed by atoms with E-state index in [1.807, 2.05) is 6.07 Å². The highest BCUT2D eigenvalue weighted by Crippen LogP contribution is 2.41. The van der Waals surface area contributed by atoms with Gasteiger partial charge >= 0.3 is 0 Å². The summed E-state index contributed by atoms with van der Waals surface area (Å²) in [6, 6.07) is 1.95. The number of rotatable bonds is 2. The van der Waals surface area contributed by atoms with Gasteiger partial charge in [0.05, 0.1) is 6.26 Å². The molecule has 0 aromatic carbocycles. The molecule has 0 bridgehead atoms. The number of hydrogen-bond donors (Lipinski definition) is 2. The lowest BCUT2D eigenvalue weighted by Gasteiger charge is -2.06. The van der Waals surface area contributed by atoms with Crippen LogP contribution in [0, 0.1) is 5.92 Å². The first-order valence-electron chi connectivity index (χ1n) is 3.87. The molecule has 60 valence electrons. The Balaban J connectivity index is 2.20. The minimum absolute atomic E-state index is 0.0914. The van der Waals surface area contributed by atoms with E-state index in [0.29, 0.717) is 11.8 Å². The zero-order chi connectivity index (χ0) is 7.84. The Morgan fingerprint density at radius 3 is 2.73 bits per heavy atom. The topological polar surface area (TPSA) is 65.2 Å². The molecule has 3 nitrogen and oxygen atoms in total. The smallest absolute Gasteiger partial charge is 0.194 e. The fourth-order valence-electron chi connectivity index (χ4n) is 1.32. The molecule has 1 aliphatic rings. The van der Waals surface area contributed by atoms with Gasteiger partial charge in [-0.05, 0) is 24.8 Å². The van der Waals surface area contributed by atoms with E-state index in [4.69, 9.17) is 15.9 Å². The van der Waals surface area contributed by atoms with E-state index in [0.717, 1.165) is 5.56 Å². The lowest BCUT2D eigenvalue weighted by molar-refractivity contribution is 0.572. The third kappa shape index (κ3) is 1.12. The van der Waals surface area contributed by atoms with Crippen molar-refractivity contribution in [3.8, 4) is 0 Å². The Hall–Kier alpha value is -0.960. The summed E-state index contributed by atoms with van der Waals surface area (Å²) in [5, 5.41) is 0. The molecule has 1 fully saturated rings. The summed E-state index contributed by atoms with van der Waals surface area (Å²) in [6.07, 6.45) is 4.05. The third-order valence-corrected chi connectivity index (χ3v) is 2.22. The maximum Gasteiger partial charge on any atom is 0.194 e. The van der Waals surface area contributed by atoms with Crippen LogP contribution in [0.15, 0.2) is 16.7 Å². The van der Waals surface area contributed by atoms with Gasteiger partial charge < -0.3 is 15.9 Å². The predicted octanol–water partition coefficient (Wildman–Crippen LogP) is 1.27. The van der Waals surface area contributed by atoms with Gasteiger partial charge in [0.25, 0.3) is 0 Å². The van der Waals surface area contributed by atoms with Crippen molar-refractivity contribution in [2.24, 2.45) is 11.7 Å². The molecule has 2 rings (SSSR count). The zero-order valence-electron chi connectivity index (χ0n) is 6.29. The molecule has 1 aliphatic carbocycles. The summed E-state index contributed by atoms with van der Waals surface area (Å²) in [5.41, 5.74) is 12.4. The second-order valence-corrected chi connectivity index (χ2v) is 3.10. The SMILES string of the molecule is Nc1occc1[C@H](N)C1CC1. The lowest BCUT2D eigenvalue weighted by Crippen LogP contribution is -2.12. The third-order valence-electron chi connectivity index (χ3n) is 2.22. The van der Waals surface area contributed by atoms with E-state index in [1.54, 1.807) is 6.26 Å². The van der Waals surface area contributed by atoms with Crippen LogP contribution in [0.25, 0.3) is 0 Å². The Kier molecular flexibility index (Phi) is 1.39. The van der Waals surface area contributed by atoms with Gasteiger partial charge in [0.2, 0.25) is 0 Å². The maximum absolute atomic E-state index is 5.91. The van der Waals surface area contributed by atoms with Crippen LogP contribution in [0.2, 0.25) is 0 Å². The molecular formula is C8H12N2O. The van der Waals surface area contributed by atoms with Crippen LogP contribution in [0.4, 0.5) is 5.88 Å². The number of nitrogen functional groups attached to an aromatic ring is 1. The minimum Gasteiger partial charge on any atom is -0.449 e. The quantitative estimate of drug-likeness (QED) is 0.670. The molecule has 4 N–H and O–H groups in total. The van der Waals surface area contributed by atoms with Crippen LogP contribution in [0.5, 0.6) is 0 Å². The zero-order valence-corrected chi connectivity index (χ0v) is 6.29. The average Bonchev–Trinajstić information content (AvgIpc) is 2.74. The monoisotopic (exact) mass is 152 g/mol. The van der Waals surface area contributed by atoms with Gasteiger partial charge in [0, 0.05) is 11.6 Å². The minimum atomic E-state index is 0.0914. The van der Waals surface area contributed by atoms with Crippen LogP contribution in [-0.4, -0.2) is 0 Å². The molecule has 1 aromatic rings. The van der Waals surface area contributed by atoms with Gasteiger partial charge in [0.1, 0.15) is 0 Å². The van der Waals surface area contributed by atoms with Crippen molar-refractivity contribution in [1.29, 1.82) is 0 Å². The summed E-state index contributed by atoms with van der Waals surface area (Å²) >= 11 is 0. The van der Waals surface area contributed by atoms with Gasteiger partial charge in [-0.3, -0.25) is 0 Å². The fraction of sp³-hybridized carbons (Fsp3) is 0.500. The van der Waals surface area contributed by atoms with E-state index < -0.39 is 0 Å². The van der Waals surface area contributed by atoms with Gasteiger partial charge in [-0.25, -0.2) is 0 Å². The molecule has 1 saturated carbocycles. The van der Waals surface area contributed by atoms with Crippen LogP contribution < -0.4 is 11.5 Å². The van der Waals surface area contributed by atoms with E-state index in [-0.39, 0.29) is 6.04 Å². The van der Waals surface area contributed by atoms with Crippen molar-refractivity contribution in [3.63, 3.8) is 0 Å². The molecule has 0 saturated heterocycles. The van der Waals surface area contributed by atoms with Gasteiger partial charge in [-0.1, -0.05) is 0 Å². The first kappa shape index (κ1) is 6.73. The van der Waals surface area contributed by atoms with Crippen LogP contribution in [0.3, 0.4) is 0 Å². The van der Waals surface area contributed by atoms with E-state index in [9.17, 15) is 0 Å². The first-order chi connectivity index (χ1) is 5.29. The molecule has 1 atom stereocenters. The van der Waals surface area contributed by atoms with Crippen molar-refractivity contribution >= 4 is 5.88 Å². The molecule has 1 aromatic heterocycles. The highest BCUT2D eigenvalue weighted by Gasteiger charge is 2.31. The normalized spacial score (nSPS) is 20.1. The molecule has 0 aliphatic heterocycles. The standard InChI is InChI=1S/C8H12N2O/c9-7(5-1-2-5)6-3-4-11-8(6)10/h3-5,7H,1-2,9-10H2/t7-/m1/s1. The average molecular weight is 152 g/mol. The predicted molar refractivity (Wildman–Crippen MR) is 42.8 cm³/mol. The first-order valence-corrected chi connectivity index (χ1v) is 3.87. The van der Waals surface area contributed by atoms with Gasteiger partial charge in [0.15, 0.2) is 5.88 Å². The van der Waals surface area contributed by atoms with Crippen LogP contribution in [-0.2, 0) is 0 Å². The van der Waals surface area contributed by atoms with Crippen molar-refractivity contribution in [2.45, 2.75) is 18.9 Å². The van der Waals surface area contributed by atoms with E-state index >= 15 is 0 Å². The molecule has 11 heavy (non-hydrogen) atoms. The molecule has 3 heteroatoms. The van der Waals surface area contributed by atoms with Crippen molar-refractivity contribution < 1.29 is 4.42 Å². The van der Waals surface area contributed by atoms with Crippen molar-refractivity contribution in [3.05, 3.63) is 17.9 Å². The summed E-state index contributed by atoms with van der Waals surface area (Å²) in [5.74, 6) is 1.11. The Morgan fingerprint density at radius 2 is 2.27 bits per heavy atom. The Morgan fingerprint density at radius 1 is 1.55 bits per heavy atom. The summed E-state index contributed by atoms with van der Waals surface area (Å²) in [7, 11) is 0. The molecule has 0 radical (unpaired) electrons. The second kappa shape index (κ2) is 2.27. The van der Waals surface area contributed by atoms with Gasteiger partial charge in [-0.2, -0.15) is 0 Å².